The summed E-state index contributed by atoms with van der Waals surface area (Å²) >= 11 is 11.8. The Labute approximate surface area is 107 Å². The van der Waals surface area contributed by atoms with Gasteiger partial charge in [-0.05, 0) is 32.5 Å². The van der Waals surface area contributed by atoms with Gasteiger partial charge in [0, 0.05) is 23.2 Å². The summed E-state index contributed by atoms with van der Waals surface area (Å²) in [6, 6.07) is 3.75. The fourth-order valence-corrected chi connectivity index (χ4v) is 2.01. The predicted octanol–water partition coefficient (Wildman–Crippen LogP) is 3.93. The maximum absolute atomic E-state index is 9.81. The molecule has 0 bridgehead atoms. The Hall–Kier alpha value is -0.440. The summed E-state index contributed by atoms with van der Waals surface area (Å²) in [5.74, 6) is 0.126. The molecule has 0 aliphatic heterocycles. The minimum atomic E-state index is 0.126. The van der Waals surface area contributed by atoms with E-state index in [2.05, 4.69) is 18.7 Å². The Bertz CT molecular complexity index is 368. The van der Waals surface area contributed by atoms with Crippen LogP contribution in [0.3, 0.4) is 0 Å². The third kappa shape index (κ3) is 3.27. The second-order valence-corrected chi connectivity index (χ2v) is 4.91. The molecule has 0 aromatic heterocycles. The van der Waals surface area contributed by atoms with E-state index in [1.54, 1.807) is 12.1 Å². The van der Waals surface area contributed by atoms with Crippen LogP contribution < -0.4 is 0 Å². The van der Waals surface area contributed by atoms with Crippen molar-refractivity contribution in [1.29, 1.82) is 0 Å². The SMILES string of the molecule is CCC(C)N(C)Cc1cc(Cl)cc(Cl)c1O. The van der Waals surface area contributed by atoms with Gasteiger partial charge in [-0.2, -0.15) is 0 Å². The van der Waals surface area contributed by atoms with Crippen molar-refractivity contribution < 1.29 is 5.11 Å². The van der Waals surface area contributed by atoms with Gasteiger partial charge in [0.25, 0.3) is 0 Å². The van der Waals surface area contributed by atoms with E-state index in [0.717, 1.165) is 12.0 Å². The van der Waals surface area contributed by atoms with Crippen molar-refractivity contribution in [2.24, 2.45) is 0 Å². The molecule has 0 spiro atoms. The normalized spacial score (nSPS) is 13.1. The van der Waals surface area contributed by atoms with Crippen LogP contribution in [0.2, 0.25) is 10.0 Å². The summed E-state index contributed by atoms with van der Waals surface area (Å²) in [7, 11) is 2.02. The lowest BCUT2D eigenvalue weighted by molar-refractivity contribution is 0.241. The fraction of sp³-hybridized carbons (Fsp3) is 0.500. The number of phenols is 1. The first kappa shape index (κ1) is 13.6. The van der Waals surface area contributed by atoms with Crippen LogP contribution in [0.1, 0.15) is 25.8 Å². The minimum absolute atomic E-state index is 0.126. The van der Waals surface area contributed by atoms with E-state index in [1.165, 1.54) is 0 Å². The molecular formula is C12H17Cl2NO. The van der Waals surface area contributed by atoms with Gasteiger partial charge in [0.05, 0.1) is 5.02 Å². The molecule has 1 N–H and O–H groups in total. The molecule has 0 radical (unpaired) electrons. The molecule has 0 heterocycles. The topological polar surface area (TPSA) is 23.5 Å². The lowest BCUT2D eigenvalue weighted by Crippen LogP contribution is -2.27. The van der Waals surface area contributed by atoms with E-state index >= 15 is 0 Å². The van der Waals surface area contributed by atoms with Crippen LogP contribution in [0.25, 0.3) is 0 Å². The summed E-state index contributed by atoms with van der Waals surface area (Å²) in [5, 5.41) is 10.7. The van der Waals surface area contributed by atoms with Crippen molar-refractivity contribution in [1.82, 2.24) is 4.90 Å². The van der Waals surface area contributed by atoms with Gasteiger partial charge in [-0.25, -0.2) is 0 Å². The molecule has 0 aliphatic carbocycles. The summed E-state index contributed by atoms with van der Waals surface area (Å²) in [4.78, 5) is 2.15. The summed E-state index contributed by atoms with van der Waals surface area (Å²) in [6.45, 7) is 4.91. The first-order valence-electron chi connectivity index (χ1n) is 5.32. The second-order valence-electron chi connectivity index (χ2n) is 4.07. The highest BCUT2D eigenvalue weighted by Gasteiger charge is 2.12. The van der Waals surface area contributed by atoms with E-state index < -0.39 is 0 Å². The van der Waals surface area contributed by atoms with E-state index in [4.69, 9.17) is 23.2 Å². The Kier molecular flexibility index (Phi) is 4.90. The van der Waals surface area contributed by atoms with E-state index in [-0.39, 0.29) is 5.75 Å². The van der Waals surface area contributed by atoms with Crippen molar-refractivity contribution in [2.45, 2.75) is 32.9 Å². The molecule has 1 aromatic carbocycles. The molecule has 4 heteroatoms. The first-order valence-corrected chi connectivity index (χ1v) is 6.08. The molecule has 0 saturated carbocycles. The first-order chi connectivity index (χ1) is 7.45. The van der Waals surface area contributed by atoms with Crippen molar-refractivity contribution in [3.63, 3.8) is 0 Å². The van der Waals surface area contributed by atoms with Crippen molar-refractivity contribution in [3.05, 3.63) is 27.7 Å². The number of aromatic hydroxyl groups is 1. The van der Waals surface area contributed by atoms with Crippen LogP contribution >= 0.6 is 23.2 Å². The van der Waals surface area contributed by atoms with Crippen molar-refractivity contribution >= 4 is 23.2 Å². The maximum Gasteiger partial charge on any atom is 0.138 e. The van der Waals surface area contributed by atoms with Gasteiger partial charge in [-0.15, -0.1) is 0 Å². The Morgan fingerprint density at radius 1 is 1.38 bits per heavy atom. The Morgan fingerprint density at radius 2 is 2.00 bits per heavy atom. The summed E-state index contributed by atoms with van der Waals surface area (Å²) in [5.41, 5.74) is 0.764. The van der Waals surface area contributed by atoms with Crippen LogP contribution in [0.15, 0.2) is 12.1 Å². The third-order valence-electron chi connectivity index (χ3n) is 2.87. The standard InChI is InChI=1S/C12H17Cl2NO/c1-4-8(2)15(3)7-9-5-10(13)6-11(14)12(9)16/h5-6,8,16H,4,7H2,1-3H3. The monoisotopic (exact) mass is 261 g/mol. The van der Waals surface area contributed by atoms with Gasteiger partial charge < -0.3 is 5.11 Å². The molecule has 0 fully saturated rings. The molecule has 16 heavy (non-hydrogen) atoms. The van der Waals surface area contributed by atoms with E-state index in [9.17, 15) is 5.11 Å². The number of halogens is 2. The number of phenolic OH excluding ortho intramolecular Hbond substituents is 1. The molecule has 1 atom stereocenters. The number of hydrogen-bond donors (Lipinski definition) is 1. The Balaban J connectivity index is 2.88. The summed E-state index contributed by atoms with van der Waals surface area (Å²) in [6.07, 6.45) is 1.06. The maximum atomic E-state index is 9.81. The van der Waals surface area contributed by atoms with E-state index in [0.29, 0.717) is 22.6 Å². The zero-order valence-electron chi connectivity index (χ0n) is 9.80. The largest absolute Gasteiger partial charge is 0.506 e. The van der Waals surface area contributed by atoms with Crippen molar-refractivity contribution in [3.8, 4) is 5.75 Å². The molecule has 0 aliphatic rings. The number of rotatable bonds is 4. The van der Waals surface area contributed by atoms with Crippen molar-refractivity contribution in [2.75, 3.05) is 7.05 Å². The highest BCUT2D eigenvalue weighted by Crippen LogP contribution is 2.32. The van der Waals surface area contributed by atoms with Gasteiger partial charge in [-0.3, -0.25) is 4.90 Å². The third-order valence-corrected chi connectivity index (χ3v) is 3.38. The minimum Gasteiger partial charge on any atom is -0.506 e. The average Bonchev–Trinajstić information content (AvgIpc) is 2.23. The highest BCUT2D eigenvalue weighted by molar-refractivity contribution is 6.35. The number of nitrogens with zero attached hydrogens (tertiary/aromatic N) is 1. The highest BCUT2D eigenvalue weighted by atomic mass is 35.5. The predicted molar refractivity (Wildman–Crippen MR) is 69.3 cm³/mol. The van der Waals surface area contributed by atoms with Crippen LogP contribution in [0.5, 0.6) is 5.75 Å². The van der Waals surface area contributed by atoms with Crippen LogP contribution in [-0.4, -0.2) is 23.1 Å². The van der Waals surface area contributed by atoms with Gasteiger partial charge in [0.15, 0.2) is 0 Å². The lowest BCUT2D eigenvalue weighted by Gasteiger charge is -2.24. The summed E-state index contributed by atoms with van der Waals surface area (Å²) < 4.78 is 0. The van der Waals surface area contributed by atoms with Gasteiger partial charge in [0.1, 0.15) is 5.75 Å². The lowest BCUT2D eigenvalue weighted by atomic mass is 10.1. The van der Waals surface area contributed by atoms with Crippen LogP contribution in [-0.2, 0) is 6.54 Å². The van der Waals surface area contributed by atoms with Gasteiger partial charge in [0.2, 0.25) is 0 Å². The fourth-order valence-electron chi connectivity index (χ4n) is 1.48. The molecule has 0 amide bonds. The molecule has 1 aromatic rings. The molecule has 0 saturated heterocycles. The molecule has 2 nitrogen and oxygen atoms in total. The van der Waals surface area contributed by atoms with Gasteiger partial charge >= 0.3 is 0 Å². The molecule has 90 valence electrons. The van der Waals surface area contributed by atoms with Gasteiger partial charge in [-0.1, -0.05) is 30.1 Å². The number of benzene rings is 1. The number of hydrogen-bond acceptors (Lipinski definition) is 2. The Morgan fingerprint density at radius 3 is 2.56 bits per heavy atom. The quantitative estimate of drug-likeness (QED) is 0.888. The molecular weight excluding hydrogens is 245 g/mol. The zero-order valence-corrected chi connectivity index (χ0v) is 11.3. The smallest absolute Gasteiger partial charge is 0.138 e. The second kappa shape index (κ2) is 5.76. The van der Waals surface area contributed by atoms with E-state index in [1.807, 2.05) is 7.05 Å². The molecule has 1 unspecified atom stereocenters. The van der Waals surface area contributed by atoms with Crippen LogP contribution in [0.4, 0.5) is 0 Å². The zero-order chi connectivity index (χ0) is 12.3. The van der Waals surface area contributed by atoms with Crippen LogP contribution in [0, 0.1) is 0 Å². The molecule has 1 rings (SSSR count). The average molecular weight is 262 g/mol.